The molecule has 4 rings (SSSR count). The van der Waals surface area contributed by atoms with Crippen molar-refractivity contribution in [3.63, 3.8) is 0 Å². The first-order chi connectivity index (χ1) is 13.2. The van der Waals surface area contributed by atoms with E-state index in [0.717, 1.165) is 44.2 Å². The van der Waals surface area contributed by atoms with E-state index in [4.69, 9.17) is 9.72 Å². The Bertz CT molecular complexity index is 793. The molecule has 0 saturated heterocycles. The highest BCUT2D eigenvalue weighted by Crippen LogP contribution is 2.32. The molecule has 1 unspecified atom stereocenters. The molecular weight excluding hydrogens is 356 g/mol. The van der Waals surface area contributed by atoms with Gasteiger partial charge in [0.25, 0.3) is 0 Å². The number of guanidine groups is 1. The molecule has 1 atom stereocenters. The van der Waals surface area contributed by atoms with E-state index in [2.05, 4.69) is 40.5 Å². The minimum atomic E-state index is 0.451. The van der Waals surface area contributed by atoms with E-state index in [1.54, 1.807) is 0 Å². The molecule has 1 aromatic heterocycles. The minimum absolute atomic E-state index is 0.451. The summed E-state index contributed by atoms with van der Waals surface area (Å²) in [6, 6.07) is 8.36. The molecule has 27 heavy (non-hydrogen) atoms. The maximum atomic E-state index is 5.78. The summed E-state index contributed by atoms with van der Waals surface area (Å²) in [7, 11) is 3.94. The van der Waals surface area contributed by atoms with Gasteiger partial charge in [-0.2, -0.15) is 0 Å². The fourth-order valence-corrected chi connectivity index (χ4v) is 5.19. The van der Waals surface area contributed by atoms with Gasteiger partial charge in [0.15, 0.2) is 5.96 Å². The molecule has 0 fully saturated rings. The van der Waals surface area contributed by atoms with Gasteiger partial charge in [0.2, 0.25) is 0 Å². The zero-order chi connectivity index (χ0) is 18.6. The average Bonchev–Trinajstić information content (AvgIpc) is 3.10. The first-order valence-corrected chi connectivity index (χ1v) is 10.7. The van der Waals surface area contributed by atoms with Crippen molar-refractivity contribution in [1.29, 1.82) is 0 Å². The number of aliphatic imine (C=N–C) groups is 1. The van der Waals surface area contributed by atoms with Crippen LogP contribution in [0.3, 0.4) is 0 Å². The van der Waals surface area contributed by atoms with Crippen molar-refractivity contribution in [2.24, 2.45) is 4.99 Å². The normalized spacial score (nSPS) is 19.0. The van der Waals surface area contributed by atoms with Gasteiger partial charge >= 0.3 is 0 Å². The third kappa shape index (κ3) is 4.10. The Kier molecular flexibility index (Phi) is 5.62. The lowest BCUT2D eigenvalue weighted by molar-refractivity contribution is 0.266. The zero-order valence-electron chi connectivity index (χ0n) is 16.2. The molecule has 2 heterocycles. The molecule has 0 radical (unpaired) electrons. The van der Waals surface area contributed by atoms with Crippen LogP contribution in [0.1, 0.15) is 46.3 Å². The van der Waals surface area contributed by atoms with Crippen molar-refractivity contribution in [3.8, 4) is 5.75 Å². The van der Waals surface area contributed by atoms with Crippen molar-refractivity contribution in [2.75, 3.05) is 27.2 Å². The first-order valence-electron chi connectivity index (χ1n) is 9.85. The number of rotatable bonds is 4. The van der Waals surface area contributed by atoms with Crippen LogP contribution in [0, 0.1) is 0 Å². The topological polar surface area (TPSA) is 49.8 Å². The van der Waals surface area contributed by atoms with Gasteiger partial charge in [-0.25, -0.2) is 4.98 Å². The number of nitrogens with one attached hydrogen (secondary N) is 1. The Hall–Kier alpha value is -2.08. The number of hydrogen-bond donors (Lipinski definition) is 1. The van der Waals surface area contributed by atoms with Crippen LogP contribution in [0.2, 0.25) is 0 Å². The summed E-state index contributed by atoms with van der Waals surface area (Å²) in [6.45, 7) is 2.45. The third-order valence-corrected chi connectivity index (χ3v) is 6.57. The van der Waals surface area contributed by atoms with Gasteiger partial charge < -0.3 is 15.0 Å². The predicted octanol–water partition coefficient (Wildman–Crippen LogP) is 3.60. The van der Waals surface area contributed by atoms with Crippen LogP contribution in [-0.4, -0.2) is 43.1 Å². The van der Waals surface area contributed by atoms with Gasteiger partial charge in [-0.15, -0.1) is 11.3 Å². The summed E-state index contributed by atoms with van der Waals surface area (Å²) in [5.74, 6) is 2.40. The fraction of sp³-hybridized carbons (Fsp3) is 0.524. The Morgan fingerprint density at radius 3 is 3.04 bits per heavy atom. The average molecular weight is 385 g/mol. The fourth-order valence-electron chi connectivity index (χ4n) is 3.98. The van der Waals surface area contributed by atoms with Crippen LogP contribution in [0.25, 0.3) is 0 Å². The summed E-state index contributed by atoms with van der Waals surface area (Å²) >= 11 is 1.88. The maximum Gasteiger partial charge on any atom is 0.193 e. The molecule has 1 aliphatic carbocycles. The van der Waals surface area contributed by atoms with E-state index in [1.165, 1.54) is 40.4 Å². The molecule has 2 aromatic rings. The number of ether oxygens (including phenoxy) is 1. The van der Waals surface area contributed by atoms with Crippen molar-refractivity contribution in [3.05, 3.63) is 45.4 Å². The summed E-state index contributed by atoms with van der Waals surface area (Å²) in [6.07, 6.45) is 5.96. The van der Waals surface area contributed by atoms with Crippen LogP contribution >= 0.6 is 11.3 Å². The van der Waals surface area contributed by atoms with Gasteiger partial charge in [0.1, 0.15) is 10.8 Å². The highest BCUT2D eigenvalue weighted by atomic mass is 32.1. The Morgan fingerprint density at radius 2 is 2.19 bits per heavy atom. The highest BCUT2D eigenvalue weighted by Gasteiger charge is 2.22. The van der Waals surface area contributed by atoms with E-state index in [-0.39, 0.29) is 0 Å². The molecule has 2 aliphatic rings. The second-order valence-electron chi connectivity index (χ2n) is 7.34. The number of hydrogen-bond acceptors (Lipinski definition) is 4. The van der Waals surface area contributed by atoms with E-state index in [1.807, 2.05) is 24.5 Å². The van der Waals surface area contributed by atoms with Gasteiger partial charge in [-0.3, -0.25) is 4.99 Å². The minimum Gasteiger partial charge on any atom is -0.493 e. The number of aromatic nitrogens is 1. The van der Waals surface area contributed by atoms with Crippen LogP contribution < -0.4 is 10.1 Å². The standard InChI is InChI=1S/C21H28N4OS/c1-22-21(23-13-15-11-12-26-18-9-5-3-7-16(15)18)25(2)14-20-24-17-8-4-6-10-19(17)27-20/h3,5,7,9,15H,4,6,8,10-14H2,1-2H3,(H,22,23). The smallest absolute Gasteiger partial charge is 0.193 e. The van der Waals surface area contributed by atoms with Crippen LogP contribution in [0.15, 0.2) is 29.3 Å². The summed E-state index contributed by atoms with van der Waals surface area (Å²) in [4.78, 5) is 13.0. The molecule has 6 heteroatoms. The lowest BCUT2D eigenvalue weighted by atomic mass is 9.93. The summed E-state index contributed by atoms with van der Waals surface area (Å²) < 4.78 is 5.78. The first kappa shape index (κ1) is 18.3. The predicted molar refractivity (Wildman–Crippen MR) is 111 cm³/mol. The van der Waals surface area contributed by atoms with Gasteiger partial charge in [-0.1, -0.05) is 18.2 Å². The van der Waals surface area contributed by atoms with Crippen molar-refractivity contribution in [1.82, 2.24) is 15.2 Å². The molecule has 1 N–H and O–H groups in total. The molecule has 0 amide bonds. The van der Waals surface area contributed by atoms with Crippen molar-refractivity contribution >= 4 is 17.3 Å². The lowest BCUT2D eigenvalue weighted by Gasteiger charge is -2.28. The molecule has 0 bridgehead atoms. The van der Waals surface area contributed by atoms with Crippen molar-refractivity contribution < 1.29 is 4.74 Å². The Balaban J connectivity index is 1.37. The van der Waals surface area contributed by atoms with Crippen LogP contribution in [0.5, 0.6) is 5.75 Å². The lowest BCUT2D eigenvalue weighted by Crippen LogP contribution is -2.40. The number of fused-ring (bicyclic) bond motifs is 2. The molecular formula is C21H28N4OS. The zero-order valence-corrected chi connectivity index (χ0v) is 17.0. The molecule has 0 spiro atoms. The van der Waals surface area contributed by atoms with Gasteiger partial charge in [0, 0.05) is 31.4 Å². The van der Waals surface area contributed by atoms with Gasteiger partial charge in [0.05, 0.1) is 18.8 Å². The number of aryl methyl sites for hydroxylation is 2. The van der Waals surface area contributed by atoms with E-state index >= 15 is 0 Å². The van der Waals surface area contributed by atoms with Crippen LogP contribution in [0.4, 0.5) is 0 Å². The molecule has 144 valence electrons. The second-order valence-corrected chi connectivity index (χ2v) is 8.51. The SMILES string of the molecule is CN=C(NCC1CCOc2ccccc21)N(C)Cc1nc2c(s1)CCCC2. The van der Waals surface area contributed by atoms with E-state index in [0.29, 0.717) is 5.92 Å². The summed E-state index contributed by atoms with van der Waals surface area (Å²) in [5, 5.41) is 4.76. The van der Waals surface area contributed by atoms with Gasteiger partial charge in [-0.05, 0) is 43.7 Å². The second kappa shape index (κ2) is 8.30. The maximum absolute atomic E-state index is 5.78. The van der Waals surface area contributed by atoms with E-state index < -0.39 is 0 Å². The number of thiazole rings is 1. The molecule has 1 aromatic carbocycles. The molecule has 1 aliphatic heterocycles. The monoisotopic (exact) mass is 384 g/mol. The largest absolute Gasteiger partial charge is 0.493 e. The number of benzene rings is 1. The highest BCUT2D eigenvalue weighted by molar-refractivity contribution is 7.11. The number of nitrogens with zero attached hydrogens (tertiary/aromatic N) is 3. The van der Waals surface area contributed by atoms with Crippen LogP contribution in [-0.2, 0) is 19.4 Å². The summed E-state index contributed by atoms with van der Waals surface area (Å²) in [5.41, 5.74) is 2.62. The Morgan fingerprint density at radius 1 is 1.33 bits per heavy atom. The molecule has 0 saturated carbocycles. The van der Waals surface area contributed by atoms with E-state index in [9.17, 15) is 0 Å². The molecule has 5 nitrogen and oxygen atoms in total. The third-order valence-electron chi connectivity index (χ3n) is 5.43. The van der Waals surface area contributed by atoms with Crippen molar-refractivity contribution in [2.45, 2.75) is 44.6 Å². The Labute approximate surface area is 165 Å². The quantitative estimate of drug-likeness (QED) is 0.646. The number of para-hydroxylation sites is 1.